The number of anilines is 1. The summed E-state index contributed by atoms with van der Waals surface area (Å²) < 4.78 is 35.7. The molecule has 0 saturated heterocycles. The van der Waals surface area contributed by atoms with Gasteiger partial charge in [-0.05, 0) is 45.0 Å². The molecule has 3 rings (SSSR count). The first kappa shape index (κ1) is 19.0. The predicted molar refractivity (Wildman–Crippen MR) is 105 cm³/mol. The topological polar surface area (TPSA) is 73.2 Å². The van der Waals surface area contributed by atoms with Gasteiger partial charge in [0.2, 0.25) is 0 Å². The number of benzene rings is 2. The fraction of sp³-hybridized carbons (Fsp3) is 0.250. The van der Waals surface area contributed by atoms with Crippen molar-refractivity contribution < 1.29 is 13.2 Å². The van der Waals surface area contributed by atoms with E-state index < -0.39 is 10.0 Å². The van der Waals surface area contributed by atoms with Gasteiger partial charge in [0.05, 0.1) is 16.3 Å². The van der Waals surface area contributed by atoms with Crippen LogP contribution in [0.5, 0.6) is 5.75 Å². The van der Waals surface area contributed by atoms with Crippen molar-refractivity contribution in [2.75, 3.05) is 4.72 Å². The van der Waals surface area contributed by atoms with Crippen LogP contribution in [0, 0.1) is 13.8 Å². The van der Waals surface area contributed by atoms with Gasteiger partial charge in [0, 0.05) is 18.3 Å². The number of aromatic nitrogens is 2. The highest BCUT2D eigenvalue weighted by Gasteiger charge is 2.16. The molecule has 2 aromatic carbocycles. The Kier molecular flexibility index (Phi) is 5.51. The quantitative estimate of drug-likeness (QED) is 0.669. The van der Waals surface area contributed by atoms with E-state index in [0.717, 1.165) is 23.4 Å². The third-order valence-electron chi connectivity index (χ3n) is 4.22. The summed E-state index contributed by atoms with van der Waals surface area (Å²) in [6.45, 7) is 6.96. The predicted octanol–water partition coefficient (Wildman–Crippen LogP) is 3.90. The Labute approximate surface area is 159 Å². The highest BCUT2D eigenvalue weighted by Crippen LogP contribution is 2.27. The zero-order valence-corrected chi connectivity index (χ0v) is 16.5. The maximum Gasteiger partial charge on any atom is 0.262 e. The van der Waals surface area contributed by atoms with Crippen molar-refractivity contribution in [3.63, 3.8) is 0 Å². The molecule has 0 bridgehead atoms. The van der Waals surface area contributed by atoms with E-state index in [0.29, 0.717) is 18.0 Å². The summed E-state index contributed by atoms with van der Waals surface area (Å²) in [4.78, 5) is 0.211. The fourth-order valence-corrected chi connectivity index (χ4v) is 3.69. The van der Waals surface area contributed by atoms with Gasteiger partial charge < -0.3 is 4.74 Å². The molecule has 7 heteroatoms. The van der Waals surface area contributed by atoms with E-state index in [9.17, 15) is 8.42 Å². The molecule has 6 nitrogen and oxygen atoms in total. The average Bonchev–Trinajstić information content (AvgIpc) is 3.01. The van der Waals surface area contributed by atoms with Crippen LogP contribution < -0.4 is 9.46 Å². The maximum absolute atomic E-state index is 12.7. The molecule has 0 saturated carbocycles. The highest BCUT2D eigenvalue weighted by molar-refractivity contribution is 7.92. The van der Waals surface area contributed by atoms with Gasteiger partial charge in [-0.2, -0.15) is 5.10 Å². The van der Waals surface area contributed by atoms with Crippen LogP contribution >= 0.6 is 0 Å². The van der Waals surface area contributed by atoms with Gasteiger partial charge in [0.15, 0.2) is 0 Å². The molecule has 27 heavy (non-hydrogen) atoms. The molecule has 0 aliphatic carbocycles. The Hall–Kier alpha value is -2.80. The maximum atomic E-state index is 12.7. The molecular formula is C20H23N3O3S. The molecule has 0 unspecified atom stereocenters. The molecule has 0 amide bonds. The summed E-state index contributed by atoms with van der Waals surface area (Å²) in [6, 6.07) is 13.7. The first-order valence-corrected chi connectivity index (χ1v) is 10.2. The number of aryl methyl sites for hydroxylation is 3. The van der Waals surface area contributed by atoms with Gasteiger partial charge in [0.25, 0.3) is 10.0 Å². The van der Waals surface area contributed by atoms with E-state index in [1.54, 1.807) is 48.5 Å². The van der Waals surface area contributed by atoms with Gasteiger partial charge in [-0.3, -0.25) is 9.40 Å². The number of para-hydroxylation sites is 2. The van der Waals surface area contributed by atoms with Crippen molar-refractivity contribution in [2.24, 2.45) is 0 Å². The zero-order chi connectivity index (χ0) is 19.4. The number of nitrogens with zero attached hydrogens (tertiary/aromatic N) is 2. The lowest BCUT2D eigenvalue weighted by Gasteiger charge is -2.13. The summed E-state index contributed by atoms with van der Waals surface area (Å²) in [5.74, 6) is 0.469. The lowest BCUT2D eigenvalue weighted by Crippen LogP contribution is -2.14. The van der Waals surface area contributed by atoms with E-state index >= 15 is 0 Å². The Morgan fingerprint density at radius 2 is 1.78 bits per heavy atom. The molecular weight excluding hydrogens is 362 g/mol. The van der Waals surface area contributed by atoms with Crippen LogP contribution in [0.1, 0.15) is 23.7 Å². The van der Waals surface area contributed by atoms with E-state index in [4.69, 9.17) is 4.74 Å². The Morgan fingerprint density at radius 1 is 1.07 bits per heavy atom. The number of nitrogens with one attached hydrogen (secondary N) is 1. The second kappa shape index (κ2) is 7.84. The lowest BCUT2D eigenvalue weighted by atomic mass is 10.2. The average molecular weight is 385 g/mol. The van der Waals surface area contributed by atoms with E-state index in [1.807, 2.05) is 31.6 Å². The Bertz CT molecular complexity index is 1020. The van der Waals surface area contributed by atoms with Crippen molar-refractivity contribution in [1.29, 1.82) is 0 Å². The molecule has 0 spiro atoms. The lowest BCUT2D eigenvalue weighted by molar-refractivity contribution is 0.307. The second-order valence-corrected chi connectivity index (χ2v) is 7.98. The van der Waals surface area contributed by atoms with Gasteiger partial charge in [-0.15, -0.1) is 0 Å². The summed E-state index contributed by atoms with van der Waals surface area (Å²) in [5.41, 5.74) is 3.27. The van der Waals surface area contributed by atoms with E-state index in [1.165, 1.54) is 0 Å². The zero-order valence-electron chi connectivity index (χ0n) is 15.6. The molecule has 1 N–H and O–H groups in total. The number of rotatable bonds is 7. The summed E-state index contributed by atoms with van der Waals surface area (Å²) in [6.07, 6.45) is 1.94. The smallest absolute Gasteiger partial charge is 0.262 e. The molecule has 0 fully saturated rings. The fourth-order valence-electron chi connectivity index (χ4n) is 2.62. The minimum absolute atomic E-state index is 0.211. The first-order valence-electron chi connectivity index (χ1n) is 8.73. The number of hydrogen-bond acceptors (Lipinski definition) is 4. The molecule has 0 aliphatic heterocycles. The van der Waals surface area contributed by atoms with Gasteiger partial charge in [-0.1, -0.05) is 29.8 Å². The first-order chi connectivity index (χ1) is 12.9. The molecule has 142 valence electrons. The number of hydrogen-bond donors (Lipinski definition) is 1. The molecule has 1 aromatic heterocycles. The molecule has 3 aromatic rings. The van der Waals surface area contributed by atoms with E-state index in [-0.39, 0.29) is 4.90 Å². The van der Waals surface area contributed by atoms with Crippen molar-refractivity contribution >= 4 is 15.7 Å². The minimum atomic E-state index is -3.69. The molecule has 0 aliphatic rings. The van der Waals surface area contributed by atoms with Crippen LogP contribution in [0.2, 0.25) is 0 Å². The van der Waals surface area contributed by atoms with Crippen LogP contribution in [-0.4, -0.2) is 18.2 Å². The Morgan fingerprint density at radius 3 is 2.44 bits per heavy atom. The van der Waals surface area contributed by atoms with Gasteiger partial charge in [-0.25, -0.2) is 8.42 Å². The highest BCUT2D eigenvalue weighted by atomic mass is 32.2. The van der Waals surface area contributed by atoms with Crippen LogP contribution in [0.3, 0.4) is 0 Å². The largest absolute Gasteiger partial charge is 0.487 e. The standard InChI is InChI=1S/C20H23N3O3S/c1-4-23-13-17(16(3)21-23)14-26-20-8-6-5-7-19(20)22-27(24,25)18-11-9-15(2)10-12-18/h5-13,22H,4,14H2,1-3H3. The van der Waals surface area contributed by atoms with Gasteiger partial charge in [0.1, 0.15) is 12.4 Å². The second-order valence-electron chi connectivity index (χ2n) is 6.30. The monoisotopic (exact) mass is 385 g/mol. The molecule has 0 atom stereocenters. The molecule has 0 radical (unpaired) electrons. The van der Waals surface area contributed by atoms with E-state index in [2.05, 4.69) is 9.82 Å². The third-order valence-corrected chi connectivity index (χ3v) is 5.60. The number of ether oxygens (including phenoxy) is 1. The Balaban J connectivity index is 1.79. The van der Waals surface area contributed by atoms with Crippen molar-refractivity contribution in [3.8, 4) is 5.75 Å². The van der Waals surface area contributed by atoms with Crippen LogP contribution in [-0.2, 0) is 23.2 Å². The molecule has 1 heterocycles. The summed E-state index contributed by atoms with van der Waals surface area (Å²) in [7, 11) is -3.69. The summed E-state index contributed by atoms with van der Waals surface area (Å²) in [5, 5.41) is 4.40. The van der Waals surface area contributed by atoms with Crippen molar-refractivity contribution in [1.82, 2.24) is 9.78 Å². The van der Waals surface area contributed by atoms with Crippen LogP contribution in [0.15, 0.2) is 59.6 Å². The minimum Gasteiger partial charge on any atom is -0.487 e. The van der Waals surface area contributed by atoms with Crippen molar-refractivity contribution in [3.05, 3.63) is 71.5 Å². The number of sulfonamides is 1. The van der Waals surface area contributed by atoms with Gasteiger partial charge >= 0.3 is 0 Å². The van der Waals surface area contributed by atoms with Crippen LogP contribution in [0.25, 0.3) is 0 Å². The normalized spacial score (nSPS) is 11.4. The SMILES string of the molecule is CCn1cc(COc2ccccc2NS(=O)(=O)c2ccc(C)cc2)c(C)n1. The van der Waals surface area contributed by atoms with Crippen molar-refractivity contribution in [2.45, 2.75) is 38.8 Å². The summed E-state index contributed by atoms with van der Waals surface area (Å²) >= 11 is 0. The van der Waals surface area contributed by atoms with Crippen LogP contribution in [0.4, 0.5) is 5.69 Å². The third kappa shape index (κ3) is 4.49.